The van der Waals surface area contributed by atoms with Gasteiger partial charge in [0.1, 0.15) is 5.82 Å². The van der Waals surface area contributed by atoms with Crippen molar-refractivity contribution in [2.75, 3.05) is 13.1 Å². The normalized spacial score (nSPS) is 18.2. The molecule has 1 saturated heterocycles. The lowest BCUT2D eigenvalue weighted by Gasteiger charge is -2.28. The third-order valence-electron chi connectivity index (χ3n) is 4.52. The molecule has 0 spiro atoms. The predicted octanol–water partition coefficient (Wildman–Crippen LogP) is 2.46. The molecule has 0 bridgehead atoms. The molecule has 26 heavy (non-hydrogen) atoms. The summed E-state index contributed by atoms with van der Waals surface area (Å²) in [4.78, 5) is 15.2. The lowest BCUT2D eigenvalue weighted by atomic mass is 10.1. The van der Waals surface area contributed by atoms with Gasteiger partial charge < -0.3 is 9.63 Å². The standard InChI is InChI=1S/C19H21N5O2/c1-13-20-9-8-17(21-13)14-4-6-15(7-5-14)19-22-18(26-23-19)12-24-10-2-3-16(25)11-24/h4-9,16,25H,2-3,10-12H2,1H3/t16-/m1/s1. The Balaban J connectivity index is 1.47. The van der Waals surface area contributed by atoms with Crippen molar-refractivity contribution in [2.24, 2.45) is 0 Å². The SMILES string of the molecule is Cc1nccc(-c2ccc(-c3noc(CN4CCC[C@@H](O)C4)n3)cc2)n1. The van der Waals surface area contributed by atoms with Gasteiger partial charge >= 0.3 is 0 Å². The molecule has 3 heterocycles. The molecule has 1 N–H and O–H groups in total. The highest BCUT2D eigenvalue weighted by Gasteiger charge is 2.20. The molecule has 4 rings (SSSR count). The molecule has 1 fully saturated rings. The number of hydrogen-bond donors (Lipinski definition) is 1. The maximum Gasteiger partial charge on any atom is 0.241 e. The zero-order valence-electron chi connectivity index (χ0n) is 14.7. The minimum atomic E-state index is -0.260. The minimum absolute atomic E-state index is 0.260. The van der Waals surface area contributed by atoms with Gasteiger partial charge in [0.15, 0.2) is 0 Å². The second-order valence-corrected chi connectivity index (χ2v) is 6.61. The Morgan fingerprint density at radius 1 is 1.15 bits per heavy atom. The molecule has 2 aromatic heterocycles. The summed E-state index contributed by atoms with van der Waals surface area (Å²) in [6, 6.07) is 9.81. The molecule has 0 amide bonds. The van der Waals surface area contributed by atoms with E-state index in [9.17, 15) is 5.11 Å². The first-order valence-corrected chi connectivity index (χ1v) is 8.81. The van der Waals surface area contributed by atoms with E-state index in [-0.39, 0.29) is 6.10 Å². The second kappa shape index (κ2) is 7.31. The maximum atomic E-state index is 9.76. The van der Waals surface area contributed by atoms with Crippen LogP contribution < -0.4 is 0 Å². The summed E-state index contributed by atoms with van der Waals surface area (Å²) in [5.41, 5.74) is 2.81. The molecule has 0 radical (unpaired) electrons. The minimum Gasteiger partial charge on any atom is -0.392 e. The number of rotatable bonds is 4. The first kappa shape index (κ1) is 16.8. The molecule has 7 nitrogen and oxygen atoms in total. The zero-order chi connectivity index (χ0) is 17.9. The monoisotopic (exact) mass is 351 g/mol. The molecule has 1 aliphatic rings. The van der Waals surface area contributed by atoms with Crippen LogP contribution >= 0.6 is 0 Å². The lowest BCUT2D eigenvalue weighted by Crippen LogP contribution is -2.37. The van der Waals surface area contributed by atoms with Gasteiger partial charge in [0.2, 0.25) is 11.7 Å². The van der Waals surface area contributed by atoms with Crippen LogP contribution in [0.3, 0.4) is 0 Å². The van der Waals surface area contributed by atoms with E-state index in [0.717, 1.165) is 42.0 Å². The van der Waals surface area contributed by atoms with Crippen molar-refractivity contribution in [3.05, 3.63) is 48.2 Å². The van der Waals surface area contributed by atoms with Crippen molar-refractivity contribution in [3.8, 4) is 22.6 Å². The van der Waals surface area contributed by atoms with E-state index in [1.54, 1.807) is 6.20 Å². The van der Waals surface area contributed by atoms with Crippen LogP contribution in [0.25, 0.3) is 22.6 Å². The van der Waals surface area contributed by atoms with Gasteiger partial charge in [0, 0.05) is 23.9 Å². The van der Waals surface area contributed by atoms with E-state index in [1.807, 2.05) is 37.3 Å². The number of β-amino-alcohol motifs (C(OH)–C–C–N with tert-alkyl or cyclic N) is 1. The summed E-state index contributed by atoms with van der Waals surface area (Å²) >= 11 is 0. The van der Waals surface area contributed by atoms with Crippen LogP contribution in [0.4, 0.5) is 0 Å². The molecule has 1 aliphatic heterocycles. The summed E-state index contributed by atoms with van der Waals surface area (Å²) in [6.45, 7) is 4.05. The van der Waals surface area contributed by atoms with Gasteiger partial charge in [0.25, 0.3) is 0 Å². The second-order valence-electron chi connectivity index (χ2n) is 6.61. The number of aromatic nitrogens is 4. The highest BCUT2D eigenvalue weighted by molar-refractivity contribution is 5.64. The number of piperidine rings is 1. The third-order valence-corrected chi connectivity index (χ3v) is 4.52. The fourth-order valence-corrected chi connectivity index (χ4v) is 3.21. The largest absolute Gasteiger partial charge is 0.392 e. The molecule has 0 saturated carbocycles. The molecular formula is C19H21N5O2. The Hall–Kier alpha value is -2.64. The van der Waals surface area contributed by atoms with Gasteiger partial charge in [0.05, 0.1) is 18.3 Å². The Bertz CT molecular complexity index is 878. The highest BCUT2D eigenvalue weighted by Crippen LogP contribution is 2.22. The molecule has 0 aliphatic carbocycles. The fraction of sp³-hybridized carbons (Fsp3) is 0.368. The van der Waals surface area contributed by atoms with Crippen molar-refractivity contribution < 1.29 is 9.63 Å². The van der Waals surface area contributed by atoms with Crippen molar-refractivity contribution in [2.45, 2.75) is 32.4 Å². The molecule has 7 heteroatoms. The number of aliphatic hydroxyl groups excluding tert-OH is 1. The first-order chi connectivity index (χ1) is 12.7. The Labute approximate surface area is 151 Å². The van der Waals surface area contributed by atoms with Gasteiger partial charge in [-0.3, -0.25) is 4.90 Å². The van der Waals surface area contributed by atoms with Crippen LogP contribution in [0.1, 0.15) is 24.6 Å². The van der Waals surface area contributed by atoms with Crippen LogP contribution in [-0.2, 0) is 6.54 Å². The van der Waals surface area contributed by atoms with Gasteiger partial charge in [-0.25, -0.2) is 9.97 Å². The first-order valence-electron chi connectivity index (χ1n) is 8.81. The third kappa shape index (κ3) is 3.79. The van der Waals surface area contributed by atoms with E-state index < -0.39 is 0 Å². The number of benzene rings is 1. The molecule has 0 unspecified atom stereocenters. The smallest absolute Gasteiger partial charge is 0.241 e. The summed E-state index contributed by atoms with van der Waals surface area (Å²) in [7, 11) is 0. The predicted molar refractivity (Wildman–Crippen MR) is 96.0 cm³/mol. The summed E-state index contributed by atoms with van der Waals surface area (Å²) in [5.74, 6) is 1.89. The Kier molecular flexibility index (Phi) is 4.73. The summed E-state index contributed by atoms with van der Waals surface area (Å²) < 4.78 is 5.38. The van der Waals surface area contributed by atoms with Crippen molar-refractivity contribution in [3.63, 3.8) is 0 Å². The average Bonchev–Trinajstić information content (AvgIpc) is 3.10. The topological polar surface area (TPSA) is 88.2 Å². The molecule has 134 valence electrons. The van der Waals surface area contributed by atoms with E-state index >= 15 is 0 Å². The number of aryl methyl sites for hydroxylation is 1. The van der Waals surface area contributed by atoms with Crippen LogP contribution in [0, 0.1) is 6.92 Å². The molecule has 3 aromatic rings. The van der Waals surface area contributed by atoms with Crippen LogP contribution in [0.2, 0.25) is 0 Å². The van der Waals surface area contributed by atoms with E-state index in [1.165, 1.54) is 0 Å². The van der Waals surface area contributed by atoms with E-state index in [4.69, 9.17) is 4.52 Å². The van der Waals surface area contributed by atoms with Crippen LogP contribution in [0.5, 0.6) is 0 Å². The number of likely N-dealkylation sites (tertiary alicyclic amines) is 1. The van der Waals surface area contributed by atoms with E-state index in [2.05, 4.69) is 25.0 Å². The quantitative estimate of drug-likeness (QED) is 0.772. The summed E-state index contributed by atoms with van der Waals surface area (Å²) in [5, 5.41) is 13.8. The van der Waals surface area contributed by atoms with Crippen LogP contribution in [0.15, 0.2) is 41.1 Å². The Morgan fingerprint density at radius 2 is 1.96 bits per heavy atom. The summed E-state index contributed by atoms with van der Waals surface area (Å²) in [6.07, 6.45) is 3.36. The molecular weight excluding hydrogens is 330 g/mol. The zero-order valence-corrected chi connectivity index (χ0v) is 14.7. The van der Waals surface area contributed by atoms with Crippen molar-refractivity contribution in [1.29, 1.82) is 0 Å². The fourth-order valence-electron chi connectivity index (χ4n) is 3.21. The lowest BCUT2D eigenvalue weighted by molar-refractivity contribution is 0.0613. The average molecular weight is 351 g/mol. The Morgan fingerprint density at radius 3 is 2.73 bits per heavy atom. The van der Waals surface area contributed by atoms with Crippen molar-refractivity contribution in [1.82, 2.24) is 25.0 Å². The van der Waals surface area contributed by atoms with Gasteiger partial charge in [-0.15, -0.1) is 0 Å². The molecule has 1 atom stereocenters. The molecule has 1 aromatic carbocycles. The van der Waals surface area contributed by atoms with Gasteiger partial charge in [-0.2, -0.15) is 4.98 Å². The van der Waals surface area contributed by atoms with Crippen LogP contribution in [-0.4, -0.2) is 49.3 Å². The number of nitrogens with zero attached hydrogens (tertiary/aromatic N) is 5. The highest BCUT2D eigenvalue weighted by atomic mass is 16.5. The number of hydrogen-bond acceptors (Lipinski definition) is 7. The number of aliphatic hydroxyl groups is 1. The van der Waals surface area contributed by atoms with E-state index in [0.29, 0.717) is 24.8 Å². The van der Waals surface area contributed by atoms with Gasteiger partial charge in [-0.05, 0) is 32.4 Å². The van der Waals surface area contributed by atoms with Gasteiger partial charge in [-0.1, -0.05) is 29.4 Å². The maximum absolute atomic E-state index is 9.76. The van der Waals surface area contributed by atoms with Crippen molar-refractivity contribution >= 4 is 0 Å².